The Morgan fingerprint density at radius 2 is 1.87 bits per heavy atom. The average Bonchev–Trinajstić information content (AvgIpc) is 2.17. The molecule has 0 saturated heterocycles. The van der Waals surface area contributed by atoms with Gasteiger partial charge in [-0.25, -0.2) is 0 Å². The summed E-state index contributed by atoms with van der Waals surface area (Å²) in [5, 5.41) is 0. The van der Waals surface area contributed by atoms with Crippen LogP contribution in [0.25, 0.3) is 0 Å². The third-order valence-corrected chi connectivity index (χ3v) is 1.55. The summed E-state index contributed by atoms with van der Waals surface area (Å²) in [6.07, 6.45) is 0. The van der Waals surface area contributed by atoms with Gasteiger partial charge in [-0.15, -0.1) is 0 Å². The molecule has 0 bridgehead atoms. The Hall–Kier alpha value is -1.30. The normalized spacial score (nSPS) is 10.6. The van der Waals surface area contributed by atoms with Crippen LogP contribution in [0.1, 0.15) is 26.3 Å². The molecular weight excluding hydrogens is 186 g/mol. The van der Waals surface area contributed by atoms with Crippen molar-refractivity contribution in [2.45, 2.75) is 26.4 Å². The maximum Gasteiger partial charge on any atom is 0.0825 e. The van der Waals surface area contributed by atoms with Gasteiger partial charge in [0.05, 0.1) is 12.1 Å². The van der Waals surface area contributed by atoms with Crippen molar-refractivity contribution < 1.29 is 4.84 Å². The smallest absolute Gasteiger partial charge is 0.0825 e. The van der Waals surface area contributed by atoms with Crippen LogP contribution >= 0.6 is 0 Å². The molecule has 0 aliphatic rings. The number of hydrogen-bond donors (Lipinski definition) is 1. The molecule has 0 aromatic heterocycles. The number of hydroxylamine groups is 1. The molecule has 1 aromatic rings. The summed E-state index contributed by atoms with van der Waals surface area (Å²) >= 11 is 0. The van der Waals surface area contributed by atoms with Crippen molar-refractivity contribution in [3.8, 4) is 11.8 Å². The van der Waals surface area contributed by atoms with Crippen molar-refractivity contribution in [1.82, 2.24) is 5.48 Å². The molecule has 0 aliphatic carbocycles. The average molecular weight is 203 g/mol. The Balaban J connectivity index is 2.30. The van der Waals surface area contributed by atoms with E-state index in [4.69, 9.17) is 4.84 Å². The Morgan fingerprint density at radius 1 is 1.20 bits per heavy atom. The summed E-state index contributed by atoms with van der Waals surface area (Å²) in [6.45, 7) is 6.51. The summed E-state index contributed by atoms with van der Waals surface area (Å²) in [6, 6.07) is 9.90. The molecule has 0 unspecified atom stereocenters. The fraction of sp³-hybridized carbons (Fsp3) is 0.385. The third kappa shape index (κ3) is 5.90. The van der Waals surface area contributed by atoms with Crippen LogP contribution in [0.3, 0.4) is 0 Å². The third-order valence-electron chi connectivity index (χ3n) is 1.55. The molecule has 0 aliphatic heterocycles. The first kappa shape index (κ1) is 11.8. The van der Waals surface area contributed by atoms with Gasteiger partial charge >= 0.3 is 0 Å². The second-order valence-corrected chi connectivity index (χ2v) is 4.20. The van der Waals surface area contributed by atoms with Gasteiger partial charge in [-0.2, -0.15) is 5.48 Å². The zero-order valence-corrected chi connectivity index (χ0v) is 9.50. The Labute approximate surface area is 91.6 Å². The highest BCUT2D eigenvalue weighted by atomic mass is 16.7. The van der Waals surface area contributed by atoms with E-state index in [1.807, 2.05) is 51.1 Å². The first-order valence-electron chi connectivity index (χ1n) is 5.03. The minimum atomic E-state index is -0.172. The van der Waals surface area contributed by atoms with Gasteiger partial charge in [0.1, 0.15) is 0 Å². The second-order valence-electron chi connectivity index (χ2n) is 4.20. The zero-order chi connectivity index (χ0) is 11.1. The van der Waals surface area contributed by atoms with Crippen LogP contribution in [0, 0.1) is 11.8 Å². The molecule has 1 aromatic carbocycles. The zero-order valence-electron chi connectivity index (χ0n) is 9.50. The predicted molar refractivity (Wildman–Crippen MR) is 62.2 cm³/mol. The molecule has 0 heterocycles. The van der Waals surface area contributed by atoms with E-state index >= 15 is 0 Å². The topological polar surface area (TPSA) is 21.3 Å². The van der Waals surface area contributed by atoms with E-state index in [2.05, 4.69) is 17.3 Å². The van der Waals surface area contributed by atoms with Crippen LogP contribution in [0.5, 0.6) is 0 Å². The summed E-state index contributed by atoms with van der Waals surface area (Å²) < 4.78 is 0. The minimum absolute atomic E-state index is 0.172. The van der Waals surface area contributed by atoms with E-state index in [9.17, 15) is 0 Å². The molecular formula is C13H17NO. The van der Waals surface area contributed by atoms with Crippen LogP contribution in [0.4, 0.5) is 0 Å². The van der Waals surface area contributed by atoms with Crippen LogP contribution in [-0.2, 0) is 4.84 Å². The van der Waals surface area contributed by atoms with Crippen molar-refractivity contribution in [1.29, 1.82) is 0 Å². The minimum Gasteiger partial charge on any atom is -0.295 e. The Bertz CT molecular complexity index is 340. The molecule has 1 N–H and O–H groups in total. The fourth-order valence-corrected chi connectivity index (χ4v) is 0.956. The molecule has 0 atom stereocenters. The number of rotatable bonds is 2. The highest BCUT2D eigenvalue weighted by molar-refractivity contribution is 5.33. The Morgan fingerprint density at radius 3 is 2.47 bits per heavy atom. The lowest BCUT2D eigenvalue weighted by atomic mass is 10.2. The van der Waals surface area contributed by atoms with Crippen LogP contribution < -0.4 is 5.48 Å². The first-order chi connectivity index (χ1) is 7.08. The molecule has 0 saturated carbocycles. The molecule has 15 heavy (non-hydrogen) atoms. The molecule has 80 valence electrons. The number of benzene rings is 1. The molecule has 0 spiro atoms. The van der Waals surface area contributed by atoms with Crippen molar-refractivity contribution in [3.63, 3.8) is 0 Å². The van der Waals surface area contributed by atoms with Gasteiger partial charge in [0.15, 0.2) is 0 Å². The van der Waals surface area contributed by atoms with Gasteiger partial charge in [-0.1, -0.05) is 30.0 Å². The van der Waals surface area contributed by atoms with Crippen LogP contribution in [-0.4, -0.2) is 12.1 Å². The van der Waals surface area contributed by atoms with E-state index in [-0.39, 0.29) is 5.60 Å². The van der Waals surface area contributed by atoms with Gasteiger partial charge in [0, 0.05) is 5.56 Å². The Kier molecular flexibility index (Phi) is 4.36. The molecule has 0 amide bonds. The SMILES string of the molecule is CC(C)(C)ONCC#Cc1ccccc1. The largest absolute Gasteiger partial charge is 0.295 e. The van der Waals surface area contributed by atoms with Crippen molar-refractivity contribution in [3.05, 3.63) is 35.9 Å². The van der Waals surface area contributed by atoms with Gasteiger partial charge < -0.3 is 0 Å². The molecule has 0 radical (unpaired) electrons. The van der Waals surface area contributed by atoms with Crippen molar-refractivity contribution in [2.75, 3.05) is 6.54 Å². The summed E-state index contributed by atoms with van der Waals surface area (Å²) in [4.78, 5) is 5.31. The van der Waals surface area contributed by atoms with E-state index in [0.29, 0.717) is 6.54 Å². The lowest BCUT2D eigenvalue weighted by molar-refractivity contribution is -0.0669. The predicted octanol–water partition coefficient (Wildman–Crippen LogP) is 2.36. The monoisotopic (exact) mass is 203 g/mol. The van der Waals surface area contributed by atoms with E-state index in [1.165, 1.54) is 0 Å². The highest BCUT2D eigenvalue weighted by Crippen LogP contribution is 2.02. The van der Waals surface area contributed by atoms with Gasteiger partial charge in [-0.05, 0) is 32.9 Å². The van der Waals surface area contributed by atoms with Gasteiger partial charge in [0.2, 0.25) is 0 Å². The second kappa shape index (κ2) is 5.55. The van der Waals surface area contributed by atoms with E-state index < -0.39 is 0 Å². The van der Waals surface area contributed by atoms with Crippen LogP contribution in [0.15, 0.2) is 30.3 Å². The molecule has 0 fully saturated rings. The fourth-order valence-electron chi connectivity index (χ4n) is 0.956. The van der Waals surface area contributed by atoms with Crippen molar-refractivity contribution in [2.24, 2.45) is 0 Å². The number of hydrogen-bond acceptors (Lipinski definition) is 2. The standard InChI is InChI=1S/C13H17NO/c1-13(2,3)15-14-11-7-10-12-8-5-4-6-9-12/h4-6,8-9,14H,11H2,1-3H3. The quantitative estimate of drug-likeness (QED) is 0.452. The van der Waals surface area contributed by atoms with Gasteiger partial charge in [-0.3, -0.25) is 4.84 Å². The molecule has 2 heteroatoms. The lowest BCUT2D eigenvalue weighted by Gasteiger charge is -2.17. The summed E-state index contributed by atoms with van der Waals surface area (Å²) in [5.41, 5.74) is 3.67. The lowest BCUT2D eigenvalue weighted by Crippen LogP contribution is -2.29. The molecule has 1 rings (SSSR count). The first-order valence-corrected chi connectivity index (χ1v) is 5.03. The van der Waals surface area contributed by atoms with Gasteiger partial charge in [0.25, 0.3) is 0 Å². The summed E-state index contributed by atoms with van der Waals surface area (Å²) in [5.74, 6) is 6.03. The summed E-state index contributed by atoms with van der Waals surface area (Å²) in [7, 11) is 0. The molecule has 2 nitrogen and oxygen atoms in total. The maximum absolute atomic E-state index is 5.31. The van der Waals surface area contributed by atoms with E-state index in [0.717, 1.165) is 5.56 Å². The van der Waals surface area contributed by atoms with Crippen molar-refractivity contribution >= 4 is 0 Å². The van der Waals surface area contributed by atoms with E-state index in [1.54, 1.807) is 0 Å². The highest BCUT2D eigenvalue weighted by Gasteiger charge is 2.08. The number of nitrogens with one attached hydrogen (secondary N) is 1. The maximum atomic E-state index is 5.31. The van der Waals surface area contributed by atoms with Crippen LogP contribution in [0.2, 0.25) is 0 Å².